The third-order valence-electron chi connectivity index (χ3n) is 4.28. The maximum atomic E-state index is 12.2. The van der Waals surface area contributed by atoms with Crippen LogP contribution in [0.25, 0.3) is 0 Å². The molecule has 0 aliphatic rings. The fourth-order valence-corrected chi connectivity index (χ4v) is 2.84. The second-order valence-corrected chi connectivity index (χ2v) is 7.35. The van der Waals surface area contributed by atoms with Crippen LogP contribution >= 0.6 is 11.6 Å². The van der Waals surface area contributed by atoms with E-state index in [1.54, 1.807) is 24.3 Å². The molecule has 154 valence electrons. The smallest absolute Gasteiger partial charge is 0.308 e. The maximum absolute atomic E-state index is 12.2. The Kier molecular flexibility index (Phi) is 8.21. The van der Waals surface area contributed by atoms with Crippen molar-refractivity contribution in [2.24, 2.45) is 0 Å². The molecule has 0 fully saturated rings. The van der Waals surface area contributed by atoms with E-state index in [2.05, 4.69) is 10.6 Å². The van der Waals surface area contributed by atoms with Gasteiger partial charge in [-0.15, -0.1) is 0 Å². The van der Waals surface area contributed by atoms with Gasteiger partial charge in [-0.2, -0.15) is 0 Å². The summed E-state index contributed by atoms with van der Waals surface area (Å²) in [6.07, 6.45) is -0.0335. The number of anilines is 1. The van der Waals surface area contributed by atoms with Gasteiger partial charge in [-0.3, -0.25) is 14.4 Å². The number of ether oxygens (including phenoxy) is 1. The van der Waals surface area contributed by atoms with Crippen LogP contribution in [0.15, 0.2) is 42.5 Å². The first-order valence-electron chi connectivity index (χ1n) is 9.36. The van der Waals surface area contributed by atoms with Crippen molar-refractivity contribution in [2.75, 3.05) is 18.5 Å². The van der Waals surface area contributed by atoms with Gasteiger partial charge in [0.1, 0.15) is 0 Å². The first-order valence-corrected chi connectivity index (χ1v) is 9.74. The summed E-state index contributed by atoms with van der Waals surface area (Å²) in [5.41, 5.74) is 3.16. The second kappa shape index (κ2) is 10.6. The van der Waals surface area contributed by atoms with E-state index >= 15 is 0 Å². The first kappa shape index (κ1) is 22.4. The molecule has 0 aliphatic heterocycles. The predicted molar refractivity (Wildman–Crippen MR) is 113 cm³/mol. The average Bonchev–Trinajstić information content (AvgIpc) is 2.68. The molecule has 0 saturated heterocycles. The molecule has 0 heterocycles. The van der Waals surface area contributed by atoms with Gasteiger partial charge in [0.25, 0.3) is 11.8 Å². The highest BCUT2D eigenvalue weighted by molar-refractivity contribution is 6.30. The average molecular weight is 417 g/mol. The summed E-state index contributed by atoms with van der Waals surface area (Å²) in [4.78, 5) is 36.0. The number of nitrogens with one attached hydrogen (secondary N) is 2. The highest BCUT2D eigenvalue weighted by Gasteiger charge is 2.14. The fourth-order valence-electron chi connectivity index (χ4n) is 2.72. The van der Waals surface area contributed by atoms with Gasteiger partial charge in [-0.05, 0) is 48.2 Å². The highest BCUT2D eigenvalue weighted by atomic mass is 35.5. The molecule has 7 heteroatoms. The third kappa shape index (κ3) is 6.91. The molecule has 2 amide bonds. The monoisotopic (exact) mass is 416 g/mol. The number of carbonyl (C=O) groups is 3. The van der Waals surface area contributed by atoms with Crippen LogP contribution in [-0.2, 0) is 14.3 Å². The maximum Gasteiger partial charge on any atom is 0.308 e. The molecular formula is C22H25ClN2O4. The van der Waals surface area contributed by atoms with Crippen LogP contribution in [0.2, 0.25) is 5.02 Å². The van der Waals surface area contributed by atoms with Gasteiger partial charge in [-0.1, -0.05) is 43.6 Å². The number of halogens is 1. The van der Waals surface area contributed by atoms with Gasteiger partial charge >= 0.3 is 5.97 Å². The van der Waals surface area contributed by atoms with Crippen LogP contribution in [0, 0.1) is 6.92 Å². The van der Waals surface area contributed by atoms with Crippen molar-refractivity contribution in [1.82, 2.24) is 5.32 Å². The second-order valence-electron chi connectivity index (χ2n) is 6.92. The third-order valence-corrected chi connectivity index (χ3v) is 4.53. The first-order chi connectivity index (χ1) is 13.8. The molecule has 0 atom stereocenters. The Morgan fingerprint density at radius 2 is 1.76 bits per heavy atom. The van der Waals surface area contributed by atoms with Crippen molar-refractivity contribution in [3.8, 4) is 0 Å². The summed E-state index contributed by atoms with van der Waals surface area (Å²) in [6.45, 7) is 5.73. The molecule has 0 saturated carbocycles. The number of amides is 2. The Hall–Kier alpha value is -2.86. The lowest BCUT2D eigenvalue weighted by atomic mass is 9.98. The molecule has 0 unspecified atom stereocenters. The normalized spacial score (nSPS) is 10.5. The standard InChI is InChI=1S/C22H25ClN2O4/c1-14(2)18-6-4-5-15(3)21(18)25-19(26)13-29-20(27)11-12-24-22(28)16-7-9-17(23)10-8-16/h4-10,14H,11-13H2,1-3H3,(H,24,28)(H,25,26). The minimum Gasteiger partial charge on any atom is -0.456 e. The van der Waals surface area contributed by atoms with E-state index in [0.29, 0.717) is 10.6 Å². The predicted octanol–water partition coefficient (Wildman–Crippen LogP) is 4.07. The molecule has 0 radical (unpaired) electrons. The minimum atomic E-state index is -0.564. The Bertz CT molecular complexity index is 879. The van der Waals surface area contributed by atoms with E-state index < -0.39 is 11.9 Å². The van der Waals surface area contributed by atoms with Gasteiger partial charge in [0.15, 0.2) is 6.61 Å². The number of rotatable bonds is 8. The zero-order valence-corrected chi connectivity index (χ0v) is 17.5. The highest BCUT2D eigenvalue weighted by Crippen LogP contribution is 2.27. The molecule has 2 rings (SSSR count). The summed E-state index contributed by atoms with van der Waals surface area (Å²) in [5.74, 6) is -1.03. The lowest BCUT2D eigenvalue weighted by molar-refractivity contribution is -0.147. The largest absolute Gasteiger partial charge is 0.456 e. The van der Waals surface area contributed by atoms with E-state index in [0.717, 1.165) is 16.8 Å². The Balaban J connectivity index is 1.76. The van der Waals surface area contributed by atoms with Crippen molar-refractivity contribution in [1.29, 1.82) is 0 Å². The molecule has 29 heavy (non-hydrogen) atoms. The van der Waals surface area contributed by atoms with E-state index in [-0.39, 0.29) is 31.4 Å². The lowest BCUT2D eigenvalue weighted by Gasteiger charge is -2.16. The van der Waals surface area contributed by atoms with E-state index in [1.165, 1.54) is 0 Å². The summed E-state index contributed by atoms with van der Waals surface area (Å²) >= 11 is 5.78. The van der Waals surface area contributed by atoms with Gasteiger partial charge in [-0.25, -0.2) is 0 Å². The van der Waals surface area contributed by atoms with Crippen LogP contribution in [0.5, 0.6) is 0 Å². The zero-order valence-electron chi connectivity index (χ0n) is 16.8. The zero-order chi connectivity index (χ0) is 21.4. The van der Waals surface area contributed by atoms with Crippen molar-refractivity contribution >= 4 is 35.1 Å². The van der Waals surface area contributed by atoms with E-state index in [9.17, 15) is 14.4 Å². The van der Waals surface area contributed by atoms with Gasteiger partial charge in [0.2, 0.25) is 0 Å². The van der Waals surface area contributed by atoms with Crippen LogP contribution in [0.4, 0.5) is 5.69 Å². The van der Waals surface area contributed by atoms with Crippen LogP contribution < -0.4 is 10.6 Å². The van der Waals surface area contributed by atoms with Gasteiger partial charge in [0, 0.05) is 22.8 Å². The molecule has 2 N–H and O–H groups in total. The van der Waals surface area contributed by atoms with Crippen molar-refractivity contribution in [3.63, 3.8) is 0 Å². The number of hydrogen-bond donors (Lipinski definition) is 2. The molecule has 2 aromatic rings. The van der Waals surface area contributed by atoms with Gasteiger partial charge in [0.05, 0.1) is 6.42 Å². The summed E-state index contributed by atoms with van der Waals surface area (Å²) in [6, 6.07) is 12.2. The van der Waals surface area contributed by atoms with Crippen LogP contribution in [0.3, 0.4) is 0 Å². The molecular weight excluding hydrogens is 392 g/mol. The lowest BCUT2D eigenvalue weighted by Crippen LogP contribution is -2.27. The molecule has 0 spiro atoms. The number of benzene rings is 2. The summed E-state index contributed by atoms with van der Waals surface area (Å²) in [7, 11) is 0. The SMILES string of the molecule is Cc1cccc(C(C)C)c1NC(=O)COC(=O)CCNC(=O)c1ccc(Cl)cc1. The van der Waals surface area contributed by atoms with E-state index in [4.69, 9.17) is 16.3 Å². The molecule has 6 nitrogen and oxygen atoms in total. The Morgan fingerprint density at radius 3 is 2.41 bits per heavy atom. The summed E-state index contributed by atoms with van der Waals surface area (Å²) < 4.78 is 5.00. The van der Waals surface area contributed by atoms with Crippen molar-refractivity contribution < 1.29 is 19.1 Å². The van der Waals surface area contributed by atoms with Crippen molar-refractivity contribution in [3.05, 3.63) is 64.2 Å². The number of hydrogen-bond acceptors (Lipinski definition) is 4. The quantitative estimate of drug-likeness (QED) is 0.635. The Morgan fingerprint density at radius 1 is 1.07 bits per heavy atom. The van der Waals surface area contributed by atoms with Crippen molar-refractivity contribution in [2.45, 2.75) is 33.1 Å². The summed E-state index contributed by atoms with van der Waals surface area (Å²) in [5, 5.41) is 5.98. The van der Waals surface area contributed by atoms with E-state index in [1.807, 2.05) is 39.0 Å². The fraction of sp³-hybridized carbons (Fsp3) is 0.318. The number of aryl methyl sites for hydroxylation is 1. The molecule has 0 aliphatic carbocycles. The molecule has 0 aromatic heterocycles. The molecule has 2 aromatic carbocycles. The number of carbonyl (C=O) groups excluding carboxylic acids is 3. The number of esters is 1. The molecule has 0 bridgehead atoms. The minimum absolute atomic E-state index is 0.0335. The van der Waals surface area contributed by atoms with Crippen LogP contribution in [0.1, 0.15) is 47.7 Å². The van der Waals surface area contributed by atoms with Gasteiger partial charge < -0.3 is 15.4 Å². The topological polar surface area (TPSA) is 84.5 Å². The Labute approximate surface area is 175 Å². The number of para-hydroxylation sites is 1. The van der Waals surface area contributed by atoms with Crippen LogP contribution in [-0.4, -0.2) is 30.9 Å².